The van der Waals surface area contributed by atoms with Crippen LogP contribution in [-0.4, -0.2) is 45.4 Å². The van der Waals surface area contributed by atoms with Crippen LogP contribution in [0.3, 0.4) is 0 Å². The molecular formula is C20H21ClN2O4. The molecule has 4 rings (SSSR count). The summed E-state index contributed by atoms with van der Waals surface area (Å²) in [4.78, 5) is 15.1. The minimum atomic E-state index is -0.242. The predicted molar refractivity (Wildman–Crippen MR) is 104 cm³/mol. The van der Waals surface area contributed by atoms with Gasteiger partial charge in [0.15, 0.2) is 11.5 Å². The summed E-state index contributed by atoms with van der Waals surface area (Å²) in [5.41, 5.74) is 2.17. The van der Waals surface area contributed by atoms with Crippen LogP contribution in [0.2, 0.25) is 5.02 Å². The number of anilines is 2. The molecule has 0 radical (unpaired) electrons. The van der Waals surface area contributed by atoms with Crippen molar-refractivity contribution in [1.82, 2.24) is 0 Å². The fourth-order valence-corrected chi connectivity index (χ4v) is 3.48. The molecule has 2 aliphatic rings. The maximum Gasteiger partial charge on any atom is 0.255 e. The van der Waals surface area contributed by atoms with Gasteiger partial charge in [-0.25, -0.2) is 0 Å². The number of hydrogen-bond acceptors (Lipinski definition) is 5. The third-order valence-corrected chi connectivity index (χ3v) is 4.85. The van der Waals surface area contributed by atoms with Crippen molar-refractivity contribution in [3.63, 3.8) is 0 Å². The monoisotopic (exact) mass is 388 g/mol. The molecule has 2 aromatic carbocycles. The van der Waals surface area contributed by atoms with Crippen LogP contribution >= 0.6 is 11.6 Å². The standard InChI is InChI=1S/C20H21ClN2O4/c21-15-12-14(13-18-19(15)27-9-3-8-26-18)20(24)22-16-4-1-2-5-17(16)23-6-10-25-11-7-23/h1-2,4-5,12-13H,3,6-11H2,(H,22,24). The highest BCUT2D eigenvalue weighted by atomic mass is 35.5. The second-order valence-corrected chi connectivity index (χ2v) is 6.81. The molecule has 1 N–H and O–H groups in total. The topological polar surface area (TPSA) is 60.0 Å². The Hall–Kier alpha value is -2.44. The molecule has 2 aliphatic heterocycles. The number of nitrogens with zero attached hydrogens (tertiary/aromatic N) is 1. The van der Waals surface area contributed by atoms with Crippen molar-refractivity contribution in [3.05, 3.63) is 47.0 Å². The smallest absolute Gasteiger partial charge is 0.255 e. The van der Waals surface area contributed by atoms with Gasteiger partial charge in [-0.2, -0.15) is 0 Å². The Kier molecular flexibility index (Phi) is 5.36. The summed E-state index contributed by atoms with van der Waals surface area (Å²) in [5.74, 6) is 0.763. The molecule has 142 valence electrons. The number of rotatable bonds is 3. The first-order valence-corrected chi connectivity index (χ1v) is 9.42. The van der Waals surface area contributed by atoms with E-state index in [9.17, 15) is 4.79 Å². The summed E-state index contributed by atoms with van der Waals surface area (Å²) in [7, 11) is 0. The van der Waals surface area contributed by atoms with Gasteiger partial charge in [0.25, 0.3) is 5.91 Å². The number of para-hydroxylation sites is 2. The number of halogens is 1. The first-order chi connectivity index (χ1) is 13.2. The van der Waals surface area contributed by atoms with Crippen LogP contribution in [0.15, 0.2) is 36.4 Å². The Morgan fingerprint density at radius 1 is 1.04 bits per heavy atom. The Morgan fingerprint density at radius 3 is 2.67 bits per heavy atom. The van der Waals surface area contributed by atoms with Gasteiger partial charge in [-0.3, -0.25) is 4.79 Å². The molecule has 1 amide bonds. The summed E-state index contributed by atoms with van der Waals surface area (Å²) in [6.45, 7) is 4.03. The van der Waals surface area contributed by atoms with Crippen LogP contribution in [0, 0.1) is 0 Å². The minimum absolute atomic E-state index is 0.242. The molecule has 1 fully saturated rings. The molecule has 2 heterocycles. The van der Waals surface area contributed by atoms with Gasteiger partial charge in [0.05, 0.1) is 42.8 Å². The molecule has 0 unspecified atom stereocenters. The molecule has 0 saturated carbocycles. The quantitative estimate of drug-likeness (QED) is 0.870. The molecule has 0 aromatic heterocycles. The maximum absolute atomic E-state index is 12.9. The van der Waals surface area contributed by atoms with Crippen molar-refractivity contribution >= 4 is 28.9 Å². The first kappa shape index (κ1) is 17.9. The van der Waals surface area contributed by atoms with E-state index < -0.39 is 0 Å². The number of carbonyl (C=O) groups excluding carboxylic acids is 1. The van der Waals surface area contributed by atoms with E-state index in [4.69, 9.17) is 25.8 Å². The van der Waals surface area contributed by atoms with Crippen LogP contribution < -0.4 is 19.7 Å². The van der Waals surface area contributed by atoms with Crippen LogP contribution in [0.5, 0.6) is 11.5 Å². The van der Waals surface area contributed by atoms with E-state index >= 15 is 0 Å². The number of amides is 1. The van der Waals surface area contributed by atoms with Gasteiger partial charge in [-0.05, 0) is 24.3 Å². The molecule has 6 nitrogen and oxygen atoms in total. The molecule has 7 heteroatoms. The van der Waals surface area contributed by atoms with Crippen LogP contribution in [-0.2, 0) is 4.74 Å². The third-order valence-electron chi connectivity index (χ3n) is 4.57. The zero-order valence-electron chi connectivity index (χ0n) is 14.9. The largest absolute Gasteiger partial charge is 0.489 e. The van der Waals surface area contributed by atoms with Crippen LogP contribution in [0.1, 0.15) is 16.8 Å². The van der Waals surface area contributed by atoms with Gasteiger partial charge in [0.2, 0.25) is 0 Å². The molecule has 0 bridgehead atoms. The molecule has 2 aromatic rings. The van der Waals surface area contributed by atoms with Gasteiger partial charge in [0, 0.05) is 25.1 Å². The molecule has 27 heavy (non-hydrogen) atoms. The molecule has 0 atom stereocenters. The number of fused-ring (bicyclic) bond motifs is 1. The SMILES string of the molecule is O=C(Nc1ccccc1N1CCOCC1)c1cc(Cl)c2c(c1)OCCCO2. The van der Waals surface area contributed by atoms with Crippen molar-refractivity contribution in [2.75, 3.05) is 49.7 Å². The Labute approximate surface area is 163 Å². The van der Waals surface area contributed by atoms with E-state index in [2.05, 4.69) is 10.2 Å². The van der Waals surface area contributed by atoms with Crippen molar-refractivity contribution < 1.29 is 19.0 Å². The van der Waals surface area contributed by atoms with Gasteiger partial charge < -0.3 is 24.4 Å². The lowest BCUT2D eigenvalue weighted by atomic mass is 10.1. The number of morpholine rings is 1. The minimum Gasteiger partial charge on any atom is -0.489 e. The summed E-state index contributed by atoms with van der Waals surface area (Å²) in [6.07, 6.45) is 0.777. The van der Waals surface area contributed by atoms with E-state index in [-0.39, 0.29) is 5.91 Å². The summed E-state index contributed by atoms with van der Waals surface area (Å²) in [6, 6.07) is 11.1. The number of hydrogen-bond donors (Lipinski definition) is 1. The second-order valence-electron chi connectivity index (χ2n) is 6.41. The Bertz CT molecular complexity index is 837. The number of carbonyl (C=O) groups is 1. The van der Waals surface area contributed by atoms with Gasteiger partial charge in [-0.1, -0.05) is 23.7 Å². The fraction of sp³-hybridized carbons (Fsp3) is 0.350. The first-order valence-electron chi connectivity index (χ1n) is 9.04. The molecule has 0 spiro atoms. The number of ether oxygens (including phenoxy) is 3. The van der Waals surface area contributed by atoms with Crippen LogP contribution in [0.25, 0.3) is 0 Å². The second kappa shape index (κ2) is 8.06. The van der Waals surface area contributed by atoms with Crippen LogP contribution in [0.4, 0.5) is 11.4 Å². The highest BCUT2D eigenvalue weighted by molar-refractivity contribution is 6.32. The van der Waals surface area contributed by atoms with E-state index in [0.29, 0.717) is 48.5 Å². The average Bonchev–Trinajstić information content (AvgIpc) is 2.95. The van der Waals surface area contributed by atoms with Gasteiger partial charge in [0.1, 0.15) is 0 Å². The normalized spacial score (nSPS) is 16.6. The van der Waals surface area contributed by atoms with E-state index in [1.54, 1.807) is 12.1 Å². The average molecular weight is 389 g/mol. The number of nitrogens with one attached hydrogen (secondary N) is 1. The van der Waals surface area contributed by atoms with Crippen molar-refractivity contribution in [3.8, 4) is 11.5 Å². The third kappa shape index (κ3) is 3.96. The lowest BCUT2D eigenvalue weighted by Gasteiger charge is -2.30. The highest BCUT2D eigenvalue weighted by Crippen LogP contribution is 2.38. The zero-order chi connectivity index (χ0) is 18.6. The van der Waals surface area contributed by atoms with Crippen molar-refractivity contribution in [1.29, 1.82) is 0 Å². The summed E-state index contributed by atoms with van der Waals surface area (Å²) >= 11 is 6.31. The Morgan fingerprint density at radius 2 is 1.81 bits per heavy atom. The van der Waals surface area contributed by atoms with Crippen molar-refractivity contribution in [2.24, 2.45) is 0 Å². The lowest BCUT2D eigenvalue weighted by Crippen LogP contribution is -2.36. The molecule has 0 aliphatic carbocycles. The summed E-state index contributed by atoms with van der Waals surface area (Å²) in [5, 5.41) is 3.37. The van der Waals surface area contributed by atoms with E-state index in [1.165, 1.54) is 0 Å². The molecule has 1 saturated heterocycles. The summed E-state index contributed by atoms with van der Waals surface area (Å²) < 4.78 is 16.7. The number of benzene rings is 2. The molecular weight excluding hydrogens is 368 g/mol. The Balaban J connectivity index is 1.58. The van der Waals surface area contributed by atoms with Gasteiger partial charge >= 0.3 is 0 Å². The van der Waals surface area contributed by atoms with Gasteiger partial charge in [-0.15, -0.1) is 0 Å². The lowest BCUT2D eigenvalue weighted by molar-refractivity contribution is 0.102. The predicted octanol–water partition coefficient (Wildman–Crippen LogP) is 3.59. The van der Waals surface area contributed by atoms with E-state index in [1.807, 2.05) is 24.3 Å². The van der Waals surface area contributed by atoms with E-state index in [0.717, 1.165) is 30.9 Å². The highest BCUT2D eigenvalue weighted by Gasteiger charge is 2.20. The zero-order valence-corrected chi connectivity index (χ0v) is 15.6. The van der Waals surface area contributed by atoms with Crippen molar-refractivity contribution in [2.45, 2.75) is 6.42 Å². The fourth-order valence-electron chi connectivity index (χ4n) is 3.22. The maximum atomic E-state index is 12.9.